The first-order chi connectivity index (χ1) is 7.33. The van der Waals surface area contributed by atoms with Crippen molar-refractivity contribution in [2.24, 2.45) is 5.92 Å². The Labute approximate surface area is 95.4 Å². The van der Waals surface area contributed by atoms with Gasteiger partial charge in [-0.15, -0.1) is 0 Å². The van der Waals surface area contributed by atoms with Crippen molar-refractivity contribution >= 4 is 0 Å². The molecule has 1 aliphatic rings. The van der Waals surface area contributed by atoms with E-state index in [2.05, 4.69) is 24.2 Å². The molecule has 1 fully saturated rings. The van der Waals surface area contributed by atoms with Gasteiger partial charge in [-0.25, -0.2) is 0 Å². The van der Waals surface area contributed by atoms with Gasteiger partial charge in [0, 0.05) is 13.1 Å². The summed E-state index contributed by atoms with van der Waals surface area (Å²) in [5.41, 5.74) is 0. The fraction of sp³-hybridized carbons (Fsp3) is 1.00. The minimum absolute atomic E-state index is 1.04. The summed E-state index contributed by atoms with van der Waals surface area (Å²) in [5.74, 6) is 1.04. The molecule has 0 aromatic heterocycles. The SMILES string of the molecule is CCCNCCN(C)CCC1CCCC1. The molecule has 90 valence electrons. The second-order valence-corrected chi connectivity index (χ2v) is 4.99. The van der Waals surface area contributed by atoms with Gasteiger partial charge in [0.2, 0.25) is 0 Å². The molecule has 0 spiro atoms. The lowest BCUT2D eigenvalue weighted by Gasteiger charge is -2.19. The molecular weight excluding hydrogens is 184 g/mol. The molecule has 0 aliphatic heterocycles. The highest BCUT2D eigenvalue weighted by molar-refractivity contribution is 4.68. The van der Waals surface area contributed by atoms with Crippen molar-refractivity contribution in [1.29, 1.82) is 0 Å². The van der Waals surface area contributed by atoms with Gasteiger partial charge in [-0.3, -0.25) is 0 Å². The Morgan fingerprint density at radius 2 is 1.87 bits per heavy atom. The van der Waals surface area contributed by atoms with Crippen molar-refractivity contribution in [3.05, 3.63) is 0 Å². The first-order valence-electron chi connectivity index (χ1n) is 6.72. The van der Waals surface area contributed by atoms with E-state index in [0.29, 0.717) is 0 Å². The minimum Gasteiger partial charge on any atom is -0.315 e. The van der Waals surface area contributed by atoms with E-state index in [1.54, 1.807) is 0 Å². The maximum Gasteiger partial charge on any atom is 0.0104 e. The average Bonchev–Trinajstić information content (AvgIpc) is 2.74. The van der Waals surface area contributed by atoms with Crippen LogP contribution in [0, 0.1) is 5.92 Å². The Hall–Kier alpha value is -0.0800. The van der Waals surface area contributed by atoms with E-state index in [4.69, 9.17) is 0 Å². The highest BCUT2D eigenvalue weighted by atomic mass is 15.1. The molecule has 0 bridgehead atoms. The van der Waals surface area contributed by atoms with Crippen LogP contribution in [-0.4, -0.2) is 38.1 Å². The van der Waals surface area contributed by atoms with Crippen LogP contribution in [0.3, 0.4) is 0 Å². The largest absolute Gasteiger partial charge is 0.315 e. The molecule has 1 rings (SSSR count). The molecule has 0 aromatic rings. The van der Waals surface area contributed by atoms with E-state index < -0.39 is 0 Å². The number of likely N-dealkylation sites (N-methyl/N-ethyl adjacent to an activating group) is 1. The van der Waals surface area contributed by atoms with E-state index in [0.717, 1.165) is 19.0 Å². The van der Waals surface area contributed by atoms with E-state index in [9.17, 15) is 0 Å². The average molecular weight is 212 g/mol. The zero-order valence-corrected chi connectivity index (χ0v) is 10.6. The number of hydrogen-bond donors (Lipinski definition) is 1. The van der Waals surface area contributed by atoms with Crippen LogP contribution in [0.1, 0.15) is 45.4 Å². The van der Waals surface area contributed by atoms with Gasteiger partial charge in [-0.05, 0) is 38.9 Å². The Morgan fingerprint density at radius 3 is 2.53 bits per heavy atom. The quantitative estimate of drug-likeness (QED) is 0.622. The summed E-state index contributed by atoms with van der Waals surface area (Å²) < 4.78 is 0. The number of nitrogens with zero attached hydrogens (tertiary/aromatic N) is 1. The van der Waals surface area contributed by atoms with Crippen molar-refractivity contribution in [3.63, 3.8) is 0 Å². The molecule has 0 unspecified atom stereocenters. The lowest BCUT2D eigenvalue weighted by atomic mass is 10.0. The van der Waals surface area contributed by atoms with Crippen LogP contribution in [0.4, 0.5) is 0 Å². The molecule has 2 nitrogen and oxygen atoms in total. The van der Waals surface area contributed by atoms with Crippen LogP contribution in [0.5, 0.6) is 0 Å². The van der Waals surface area contributed by atoms with Gasteiger partial charge in [-0.2, -0.15) is 0 Å². The number of hydrogen-bond acceptors (Lipinski definition) is 2. The molecule has 0 radical (unpaired) electrons. The van der Waals surface area contributed by atoms with Crippen molar-refractivity contribution in [3.8, 4) is 0 Å². The standard InChI is InChI=1S/C13H28N2/c1-3-9-14-10-12-15(2)11-8-13-6-4-5-7-13/h13-14H,3-12H2,1-2H3. The molecule has 1 aliphatic carbocycles. The highest BCUT2D eigenvalue weighted by Crippen LogP contribution is 2.27. The van der Waals surface area contributed by atoms with Gasteiger partial charge >= 0.3 is 0 Å². The van der Waals surface area contributed by atoms with Gasteiger partial charge < -0.3 is 10.2 Å². The molecule has 0 atom stereocenters. The van der Waals surface area contributed by atoms with E-state index in [1.165, 1.54) is 51.6 Å². The van der Waals surface area contributed by atoms with Crippen molar-refractivity contribution < 1.29 is 0 Å². The summed E-state index contributed by atoms with van der Waals surface area (Å²) >= 11 is 0. The Bertz CT molecular complexity index is 141. The Balaban J connectivity index is 1.90. The van der Waals surface area contributed by atoms with Crippen LogP contribution >= 0.6 is 0 Å². The summed E-state index contributed by atoms with van der Waals surface area (Å²) in [6, 6.07) is 0. The second kappa shape index (κ2) is 8.12. The molecular formula is C13H28N2. The lowest BCUT2D eigenvalue weighted by molar-refractivity contribution is 0.299. The minimum atomic E-state index is 1.04. The van der Waals surface area contributed by atoms with E-state index in [1.807, 2.05) is 0 Å². The summed E-state index contributed by atoms with van der Waals surface area (Å²) in [4.78, 5) is 2.47. The van der Waals surface area contributed by atoms with Gasteiger partial charge in [0.15, 0.2) is 0 Å². The molecule has 0 heterocycles. The first kappa shape index (κ1) is 13.0. The van der Waals surface area contributed by atoms with Crippen LogP contribution < -0.4 is 5.32 Å². The summed E-state index contributed by atoms with van der Waals surface area (Å²) in [6.45, 7) is 7.02. The normalized spacial score (nSPS) is 17.8. The molecule has 0 saturated heterocycles. The van der Waals surface area contributed by atoms with Crippen molar-refractivity contribution in [2.75, 3.05) is 33.2 Å². The molecule has 2 heteroatoms. The predicted molar refractivity (Wildman–Crippen MR) is 67.2 cm³/mol. The van der Waals surface area contributed by atoms with Crippen LogP contribution in [-0.2, 0) is 0 Å². The van der Waals surface area contributed by atoms with Gasteiger partial charge in [0.25, 0.3) is 0 Å². The zero-order valence-electron chi connectivity index (χ0n) is 10.6. The summed E-state index contributed by atoms with van der Waals surface area (Å²) in [5, 5.41) is 3.45. The lowest BCUT2D eigenvalue weighted by Crippen LogP contribution is -2.30. The first-order valence-corrected chi connectivity index (χ1v) is 6.72. The summed E-state index contributed by atoms with van der Waals surface area (Å²) in [7, 11) is 2.25. The summed E-state index contributed by atoms with van der Waals surface area (Å²) in [6.07, 6.45) is 8.60. The maximum atomic E-state index is 3.45. The van der Waals surface area contributed by atoms with Crippen LogP contribution in [0.2, 0.25) is 0 Å². The van der Waals surface area contributed by atoms with Crippen molar-refractivity contribution in [1.82, 2.24) is 10.2 Å². The van der Waals surface area contributed by atoms with E-state index in [-0.39, 0.29) is 0 Å². The molecule has 1 saturated carbocycles. The topological polar surface area (TPSA) is 15.3 Å². The molecule has 15 heavy (non-hydrogen) atoms. The predicted octanol–water partition coefficient (Wildman–Crippen LogP) is 2.50. The smallest absolute Gasteiger partial charge is 0.0104 e. The van der Waals surface area contributed by atoms with Gasteiger partial charge in [-0.1, -0.05) is 32.6 Å². The molecule has 0 aromatic carbocycles. The van der Waals surface area contributed by atoms with Crippen LogP contribution in [0.15, 0.2) is 0 Å². The Morgan fingerprint density at radius 1 is 1.13 bits per heavy atom. The third-order valence-electron chi connectivity index (χ3n) is 3.49. The van der Waals surface area contributed by atoms with Gasteiger partial charge in [0.05, 0.1) is 0 Å². The maximum absolute atomic E-state index is 3.45. The van der Waals surface area contributed by atoms with E-state index >= 15 is 0 Å². The monoisotopic (exact) mass is 212 g/mol. The Kier molecular flexibility index (Phi) is 7.03. The molecule has 0 amide bonds. The highest BCUT2D eigenvalue weighted by Gasteiger charge is 2.14. The zero-order chi connectivity index (χ0) is 10.9. The number of rotatable bonds is 8. The third kappa shape index (κ3) is 6.16. The molecule has 1 N–H and O–H groups in total. The van der Waals surface area contributed by atoms with Crippen LogP contribution in [0.25, 0.3) is 0 Å². The number of nitrogens with one attached hydrogen (secondary N) is 1. The fourth-order valence-electron chi connectivity index (χ4n) is 2.39. The third-order valence-corrected chi connectivity index (χ3v) is 3.49. The van der Waals surface area contributed by atoms with Crippen molar-refractivity contribution in [2.45, 2.75) is 45.4 Å². The van der Waals surface area contributed by atoms with Gasteiger partial charge in [0.1, 0.15) is 0 Å². The fourth-order valence-corrected chi connectivity index (χ4v) is 2.39. The second-order valence-electron chi connectivity index (χ2n) is 4.99.